The van der Waals surface area contributed by atoms with E-state index in [1.54, 1.807) is 0 Å². The predicted molar refractivity (Wildman–Crippen MR) is 95.6 cm³/mol. The first-order valence-corrected chi connectivity index (χ1v) is 8.08. The molecule has 0 unspecified atom stereocenters. The highest BCUT2D eigenvalue weighted by Crippen LogP contribution is 2.19. The quantitative estimate of drug-likeness (QED) is 0.721. The van der Waals surface area contributed by atoms with Crippen molar-refractivity contribution in [2.45, 2.75) is 19.4 Å². The standard InChI is InChI=1S/C20H18ClNO/c21-19-11-4-2-7-16(19)12-13-20(23)22-14-17-9-5-8-15-6-1-3-10-18(15)17/h1-11H,12-14H2,(H,22,23). The number of nitrogens with one attached hydrogen (secondary N) is 1. The van der Waals surface area contributed by atoms with Crippen molar-refractivity contribution in [2.75, 3.05) is 0 Å². The molecule has 0 saturated carbocycles. The summed E-state index contributed by atoms with van der Waals surface area (Å²) in [7, 11) is 0. The molecule has 2 nitrogen and oxygen atoms in total. The number of carbonyl (C=O) groups is 1. The number of halogens is 1. The van der Waals surface area contributed by atoms with Crippen LogP contribution in [0.1, 0.15) is 17.5 Å². The van der Waals surface area contributed by atoms with E-state index >= 15 is 0 Å². The summed E-state index contributed by atoms with van der Waals surface area (Å²) in [6, 6.07) is 22.0. The molecule has 0 atom stereocenters. The second-order valence-corrected chi connectivity index (χ2v) is 5.91. The van der Waals surface area contributed by atoms with Gasteiger partial charge in [-0.25, -0.2) is 0 Å². The van der Waals surface area contributed by atoms with Crippen LogP contribution in [0, 0.1) is 0 Å². The molecule has 0 radical (unpaired) electrons. The van der Waals surface area contributed by atoms with E-state index in [9.17, 15) is 4.79 Å². The van der Waals surface area contributed by atoms with E-state index in [1.165, 1.54) is 10.8 Å². The number of hydrogen-bond donors (Lipinski definition) is 1. The van der Waals surface area contributed by atoms with Gasteiger partial charge in [0.15, 0.2) is 0 Å². The van der Waals surface area contributed by atoms with Gasteiger partial charge in [0, 0.05) is 18.0 Å². The van der Waals surface area contributed by atoms with Gasteiger partial charge in [0.25, 0.3) is 0 Å². The summed E-state index contributed by atoms with van der Waals surface area (Å²) in [5.41, 5.74) is 2.14. The lowest BCUT2D eigenvalue weighted by atomic mass is 10.0. The Morgan fingerprint density at radius 3 is 2.43 bits per heavy atom. The topological polar surface area (TPSA) is 29.1 Å². The number of benzene rings is 3. The lowest BCUT2D eigenvalue weighted by molar-refractivity contribution is -0.121. The molecule has 0 bridgehead atoms. The molecule has 116 valence electrons. The van der Waals surface area contributed by atoms with Gasteiger partial charge in [0.1, 0.15) is 0 Å². The number of rotatable bonds is 5. The summed E-state index contributed by atoms with van der Waals surface area (Å²) < 4.78 is 0. The van der Waals surface area contributed by atoms with Crippen LogP contribution < -0.4 is 5.32 Å². The molecule has 0 spiro atoms. The average Bonchev–Trinajstić information content (AvgIpc) is 2.59. The molecule has 0 saturated heterocycles. The minimum absolute atomic E-state index is 0.0397. The van der Waals surface area contributed by atoms with Gasteiger partial charge in [-0.2, -0.15) is 0 Å². The van der Waals surface area contributed by atoms with Crippen molar-refractivity contribution < 1.29 is 4.79 Å². The number of fused-ring (bicyclic) bond motifs is 1. The van der Waals surface area contributed by atoms with Gasteiger partial charge >= 0.3 is 0 Å². The molecule has 3 aromatic rings. The Bertz CT molecular complexity index is 823. The van der Waals surface area contributed by atoms with E-state index in [1.807, 2.05) is 42.5 Å². The van der Waals surface area contributed by atoms with Gasteiger partial charge in [0.2, 0.25) is 5.91 Å². The molecule has 1 amide bonds. The van der Waals surface area contributed by atoms with Crippen molar-refractivity contribution in [1.82, 2.24) is 5.32 Å². The first-order valence-electron chi connectivity index (χ1n) is 7.71. The first-order chi connectivity index (χ1) is 11.2. The van der Waals surface area contributed by atoms with Crippen molar-refractivity contribution in [2.24, 2.45) is 0 Å². The molecule has 0 aliphatic carbocycles. The van der Waals surface area contributed by atoms with Crippen molar-refractivity contribution in [3.8, 4) is 0 Å². The molecule has 0 heterocycles. The molecule has 23 heavy (non-hydrogen) atoms. The maximum absolute atomic E-state index is 12.1. The number of amides is 1. The van der Waals surface area contributed by atoms with E-state index < -0.39 is 0 Å². The largest absolute Gasteiger partial charge is 0.352 e. The second kappa shape index (κ2) is 7.30. The molecular weight excluding hydrogens is 306 g/mol. The van der Waals surface area contributed by atoms with Gasteiger partial charge in [-0.15, -0.1) is 0 Å². The van der Waals surface area contributed by atoms with Crippen LogP contribution in [-0.2, 0) is 17.8 Å². The maximum Gasteiger partial charge on any atom is 0.220 e. The van der Waals surface area contributed by atoms with E-state index in [0.717, 1.165) is 11.1 Å². The third-order valence-corrected chi connectivity index (χ3v) is 4.30. The van der Waals surface area contributed by atoms with Gasteiger partial charge in [0.05, 0.1) is 0 Å². The second-order valence-electron chi connectivity index (χ2n) is 5.51. The predicted octanol–water partition coefficient (Wildman–Crippen LogP) is 4.74. The van der Waals surface area contributed by atoms with Crippen LogP contribution in [0.15, 0.2) is 66.7 Å². The summed E-state index contributed by atoms with van der Waals surface area (Å²) in [4.78, 5) is 12.1. The Balaban J connectivity index is 1.59. The summed E-state index contributed by atoms with van der Waals surface area (Å²) in [6.07, 6.45) is 1.09. The van der Waals surface area contributed by atoms with Crippen molar-refractivity contribution in [3.05, 3.63) is 82.9 Å². The summed E-state index contributed by atoms with van der Waals surface area (Å²) in [6.45, 7) is 0.544. The number of hydrogen-bond acceptors (Lipinski definition) is 1. The van der Waals surface area contributed by atoms with Crippen molar-refractivity contribution in [1.29, 1.82) is 0 Å². The average molecular weight is 324 g/mol. The highest BCUT2D eigenvalue weighted by atomic mass is 35.5. The molecule has 3 aromatic carbocycles. The van der Waals surface area contributed by atoms with E-state index in [-0.39, 0.29) is 5.91 Å². The normalized spacial score (nSPS) is 10.7. The summed E-state index contributed by atoms with van der Waals surface area (Å²) in [5.74, 6) is 0.0397. The molecule has 1 N–H and O–H groups in total. The molecule has 3 rings (SSSR count). The smallest absolute Gasteiger partial charge is 0.220 e. The molecule has 0 fully saturated rings. The maximum atomic E-state index is 12.1. The molecule has 0 aromatic heterocycles. The van der Waals surface area contributed by atoms with E-state index in [0.29, 0.717) is 24.4 Å². The van der Waals surface area contributed by atoms with Crippen LogP contribution in [-0.4, -0.2) is 5.91 Å². The SMILES string of the molecule is O=C(CCc1ccccc1Cl)NCc1cccc2ccccc12. The van der Waals surface area contributed by atoms with Crippen LogP contribution in [0.3, 0.4) is 0 Å². The lowest BCUT2D eigenvalue weighted by Crippen LogP contribution is -2.23. The van der Waals surface area contributed by atoms with Gasteiger partial charge in [-0.1, -0.05) is 72.3 Å². The number of aryl methyl sites for hydroxylation is 1. The molecule has 0 aliphatic heterocycles. The zero-order valence-electron chi connectivity index (χ0n) is 12.8. The Kier molecular flexibility index (Phi) is 4.94. The Hall–Kier alpha value is -2.32. The highest BCUT2D eigenvalue weighted by molar-refractivity contribution is 6.31. The van der Waals surface area contributed by atoms with Crippen LogP contribution in [0.2, 0.25) is 5.02 Å². The fourth-order valence-corrected chi connectivity index (χ4v) is 2.91. The Labute approximate surface area is 141 Å². The van der Waals surface area contributed by atoms with Crippen LogP contribution in [0.4, 0.5) is 0 Å². The zero-order valence-corrected chi connectivity index (χ0v) is 13.5. The summed E-state index contributed by atoms with van der Waals surface area (Å²) in [5, 5.41) is 6.09. The Morgan fingerprint density at radius 2 is 1.57 bits per heavy atom. The van der Waals surface area contributed by atoms with Crippen LogP contribution in [0.5, 0.6) is 0 Å². The fourth-order valence-electron chi connectivity index (χ4n) is 2.68. The number of carbonyl (C=O) groups excluding carboxylic acids is 1. The minimum Gasteiger partial charge on any atom is -0.352 e. The zero-order chi connectivity index (χ0) is 16.1. The van der Waals surface area contributed by atoms with Crippen molar-refractivity contribution >= 4 is 28.3 Å². The van der Waals surface area contributed by atoms with E-state index in [4.69, 9.17) is 11.6 Å². The van der Waals surface area contributed by atoms with Crippen LogP contribution in [0.25, 0.3) is 10.8 Å². The highest BCUT2D eigenvalue weighted by Gasteiger charge is 2.06. The molecular formula is C20H18ClNO. The van der Waals surface area contributed by atoms with Crippen LogP contribution >= 0.6 is 11.6 Å². The third-order valence-electron chi connectivity index (χ3n) is 3.94. The fraction of sp³-hybridized carbons (Fsp3) is 0.150. The molecule has 3 heteroatoms. The van der Waals surface area contributed by atoms with E-state index in [2.05, 4.69) is 29.6 Å². The molecule has 0 aliphatic rings. The van der Waals surface area contributed by atoms with Gasteiger partial charge in [-0.3, -0.25) is 4.79 Å². The van der Waals surface area contributed by atoms with Gasteiger partial charge in [-0.05, 0) is 34.4 Å². The third kappa shape index (κ3) is 3.91. The monoisotopic (exact) mass is 323 g/mol. The Morgan fingerprint density at radius 1 is 0.870 bits per heavy atom. The van der Waals surface area contributed by atoms with Gasteiger partial charge < -0.3 is 5.32 Å². The first kappa shape index (κ1) is 15.6. The summed E-state index contributed by atoms with van der Waals surface area (Å²) >= 11 is 6.11. The van der Waals surface area contributed by atoms with Crippen molar-refractivity contribution in [3.63, 3.8) is 0 Å². The minimum atomic E-state index is 0.0397. The lowest BCUT2D eigenvalue weighted by Gasteiger charge is -2.09.